The molecule has 1 N–H and O–H groups in total. The number of rotatable bonds is 8. The van der Waals surface area contributed by atoms with Gasteiger partial charge in [-0.25, -0.2) is 0 Å². The van der Waals surface area contributed by atoms with Crippen molar-refractivity contribution in [3.8, 4) is 0 Å². The van der Waals surface area contributed by atoms with E-state index in [0.29, 0.717) is 11.1 Å². The molecule has 0 saturated carbocycles. The Bertz CT molecular complexity index is 597. The number of nitro benzene ring substituents is 2. The molecule has 0 amide bonds. The summed E-state index contributed by atoms with van der Waals surface area (Å²) in [6, 6.07) is 1.45. The zero-order chi connectivity index (χ0) is 17.7. The molecule has 0 saturated heterocycles. The third kappa shape index (κ3) is 3.97. The summed E-state index contributed by atoms with van der Waals surface area (Å²) in [5, 5.41) is 26.1. The number of nitrogens with zero attached hydrogens (tertiary/aromatic N) is 2. The summed E-state index contributed by atoms with van der Waals surface area (Å²) in [5.41, 5.74) is 0.800. The lowest BCUT2D eigenvalue weighted by Gasteiger charge is -2.19. The van der Waals surface area contributed by atoms with Crippen LogP contribution in [-0.4, -0.2) is 15.9 Å². The number of nitro groups is 2. The van der Waals surface area contributed by atoms with Gasteiger partial charge in [0.05, 0.1) is 9.85 Å². The van der Waals surface area contributed by atoms with Crippen molar-refractivity contribution < 1.29 is 9.85 Å². The van der Waals surface area contributed by atoms with Gasteiger partial charge >= 0.3 is 5.69 Å². The summed E-state index contributed by atoms with van der Waals surface area (Å²) < 4.78 is 0. The number of hydrogen-bond acceptors (Lipinski definition) is 5. The Balaban J connectivity index is 3.67. The normalized spacial score (nSPS) is 12.3. The van der Waals surface area contributed by atoms with Crippen molar-refractivity contribution in [3.63, 3.8) is 0 Å². The van der Waals surface area contributed by atoms with E-state index < -0.39 is 9.85 Å². The van der Waals surface area contributed by atoms with Crippen LogP contribution in [0, 0.1) is 27.2 Å². The summed E-state index contributed by atoms with van der Waals surface area (Å²) in [6.45, 7) is 9.43. The largest absolute Gasteiger partial charge is 0.371 e. The quantitative estimate of drug-likeness (QED) is 0.540. The maximum Gasteiger partial charge on any atom is 0.302 e. The first-order chi connectivity index (χ1) is 10.8. The minimum atomic E-state index is -0.539. The standard InChI is InChI=1S/C16H25N3O4/c1-6-10(4)13-9-14(18(20)21)15(17-12(7-2)8-3)16(11(13)5)19(22)23/h9-10,12,17H,6-8H2,1-5H3. The molecule has 0 aliphatic heterocycles. The molecule has 23 heavy (non-hydrogen) atoms. The molecule has 0 heterocycles. The van der Waals surface area contributed by atoms with E-state index in [9.17, 15) is 20.2 Å². The Labute approximate surface area is 136 Å². The van der Waals surface area contributed by atoms with Gasteiger partial charge in [-0.1, -0.05) is 27.7 Å². The average molecular weight is 323 g/mol. The molecule has 7 nitrogen and oxygen atoms in total. The Morgan fingerprint density at radius 2 is 1.65 bits per heavy atom. The molecule has 1 rings (SSSR count). The predicted octanol–water partition coefficient (Wildman–Crippen LogP) is 4.93. The van der Waals surface area contributed by atoms with Crippen molar-refractivity contribution in [2.45, 2.75) is 65.8 Å². The van der Waals surface area contributed by atoms with Crippen molar-refractivity contribution in [2.75, 3.05) is 5.32 Å². The van der Waals surface area contributed by atoms with Gasteiger partial charge in [-0.05, 0) is 37.7 Å². The topological polar surface area (TPSA) is 98.3 Å². The predicted molar refractivity (Wildman–Crippen MR) is 91.2 cm³/mol. The summed E-state index contributed by atoms with van der Waals surface area (Å²) in [6.07, 6.45) is 2.22. The van der Waals surface area contributed by atoms with Crippen molar-refractivity contribution in [3.05, 3.63) is 37.4 Å². The maximum atomic E-state index is 11.6. The molecule has 1 aromatic carbocycles. The second kappa shape index (κ2) is 7.89. The monoisotopic (exact) mass is 323 g/mol. The van der Waals surface area contributed by atoms with Crippen LogP contribution in [0.3, 0.4) is 0 Å². The van der Waals surface area contributed by atoms with E-state index in [4.69, 9.17) is 0 Å². The van der Waals surface area contributed by atoms with E-state index in [1.807, 2.05) is 27.7 Å². The van der Waals surface area contributed by atoms with Gasteiger partial charge in [-0.2, -0.15) is 0 Å². The highest BCUT2D eigenvalue weighted by atomic mass is 16.6. The smallest absolute Gasteiger partial charge is 0.302 e. The minimum absolute atomic E-state index is 0.0228. The van der Waals surface area contributed by atoms with E-state index >= 15 is 0 Å². The van der Waals surface area contributed by atoms with Gasteiger partial charge < -0.3 is 5.32 Å². The van der Waals surface area contributed by atoms with Gasteiger partial charge in [-0.3, -0.25) is 20.2 Å². The number of anilines is 1. The summed E-state index contributed by atoms with van der Waals surface area (Å²) in [5.74, 6) is 0.0228. The van der Waals surface area contributed by atoms with Crippen LogP contribution < -0.4 is 5.32 Å². The first-order valence-corrected chi connectivity index (χ1v) is 8.01. The van der Waals surface area contributed by atoms with Crippen LogP contribution in [0.4, 0.5) is 17.1 Å². The van der Waals surface area contributed by atoms with Crippen LogP contribution in [0.25, 0.3) is 0 Å². The fourth-order valence-electron chi connectivity index (χ4n) is 2.72. The van der Waals surface area contributed by atoms with Crippen LogP contribution in [0.5, 0.6) is 0 Å². The second-order valence-electron chi connectivity index (χ2n) is 5.81. The molecule has 0 aromatic heterocycles. The highest BCUT2D eigenvalue weighted by molar-refractivity contribution is 5.78. The fourth-order valence-corrected chi connectivity index (χ4v) is 2.72. The molecule has 0 fully saturated rings. The van der Waals surface area contributed by atoms with Gasteiger partial charge in [0.1, 0.15) is 0 Å². The van der Waals surface area contributed by atoms with Crippen molar-refractivity contribution in [2.24, 2.45) is 0 Å². The van der Waals surface area contributed by atoms with E-state index in [-0.39, 0.29) is 29.0 Å². The maximum absolute atomic E-state index is 11.6. The molecule has 0 aliphatic rings. The third-order valence-electron chi connectivity index (χ3n) is 4.43. The zero-order valence-corrected chi connectivity index (χ0v) is 14.4. The van der Waals surface area contributed by atoms with Gasteiger partial charge in [0.25, 0.3) is 5.69 Å². The molecule has 0 radical (unpaired) electrons. The summed E-state index contributed by atoms with van der Waals surface area (Å²) in [7, 11) is 0. The summed E-state index contributed by atoms with van der Waals surface area (Å²) in [4.78, 5) is 22.0. The fraction of sp³-hybridized carbons (Fsp3) is 0.625. The van der Waals surface area contributed by atoms with Crippen molar-refractivity contribution >= 4 is 17.1 Å². The van der Waals surface area contributed by atoms with E-state index in [1.54, 1.807) is 6.92 Å². The third-order valence-corrected chi connectivity index (χ3v) is 4.43. The zero-order valence-electron chi connectivity index (χ0n) is 14.4. The number of benzene rings is 1. The lowest BCUT2D eigenvalue weighted by Crippen LogP contribution is -2.19. The molecule has 1 unspecified atom stereocenters. The molecule has 1 aromatic rings. The highest BCUT2D eigenvalue weighted by Crippen LogP contribution is 2.42. The van der Waals surface area contributed by atoms with Gasteiger partial charge in [0, 0.05) is 17.7 Å². The van der Waals surface area contributed by atoms with Crippen LogP contribution >= 0.6 is 0 Å². The molecule has 1 atom stereocenters. The van der Waals surface area contributed by atoms with Gasteiger partial charge in [-0.15, -0.1) is 0 Å². The Morgan fingerprint density at radius 1 is 1.09 bits per heavy atom. The molecular formula is C16H25N3O4. The minimum Gasteiger partial charge on any atom is -0.371 e. The average Bonchev–Trinajstić information content (AvgIpc) is 2.50. The van der Waals surface area contributed by atoms with Crippen LogP contribution in [-0.2, 0) is 0 Å². The molecule has 0 bridgehead atoms. The lowest BCUT2D eigenvalue weighted by atomic mass is 9.91. The van der Waals surface area contributed by atoms with Gasteiger partial charge in [0.15, 0.2) is 5.69 Å². The second-order valence-corrected chi connectivity index (χ2v) is 5.81. The van der Waals surface area contributed by atoms with Crippen LogP contribution in [0.2, 0.25) is 0 Å². The van der Waals surface area contributed by atoms with E-state index in [1.165, 1.54) is 6.07 Å². The van der Waals surface area contributed by atoms with E-state index in [2.05, 4.69) is 5.32 Å². The lowest BCUT2D eigenvalue weighted by molar-refractivity contribution is -0.392. The van der Waals surface area contributed by atoms with Crippen LogP contribution in [0.1, 0.15) is 64.0 Å². The Morgan fingerprint density at radius 3 is 2.04 bits per heavy atom. The van der Waals surface area contributed by atoms with E-state index in [0.717, 1.165) is 19.3 Å². The SMILES string of the molecule is CCC(CC)Nc1c([N+](=O)[O-])cc(C(C)CC)c(C)c1[N+](=O)[O-]. The number of nitrogens with one attached hydrogen (secondary N) is 1. The van der Waals surface area contributed by atoms with Crippen molar-refractivity contribution in [1.82, 2.24) is 0 Å². The first-order valence-electron chi connectivity index (χ1n) is 8.01. The molecule has 7 heteroatoms. The Hall–Kier alpha value is -2.18. The molecule has 0 aliphatic carbocycles. The molecular weight excluding hydrogens is 298 g/mol. The first kappa shape index (κ1) is 18.9. The Kier molecular flexibility index (Phi) is 6.48. The van der Waals surface area contributed by atoms with Crippen molar-refractivity contribution in [1.29, 1.82) is 0 Å². The summed E-state index contributed by atoms with van der Waals surface area (Å²) >= 11 is 0. The molecule has 128 valence electrons. The van der Waals surface area contributed by atoms with Crippen LogP contribution in [0.15, 0.2) is 6.07 Å². The number of hydrogen-bond donors (Lipinski definition) is 1. The van der Waals surface area contributed by atoms with Gasteiger partial charge in [0.2, 0.25) is 0 Å². The highest BCUT2D eigenvalue weighted by Gasteiger charge is 2.32. The molecule has 0 spiro atoms.